The van der Waals surface area contributed by atoms with Crippen LogP contribution in [-0.4, -0.2) is 18.6 Å². The Morgan fingerprint density at radius 1 is 0.720 bits per heavy atom. The highest BCUT2D eigenvalue weighted by molar-refractivity contribution is 7.90. The molecule has 1 heterocycles. The van der Waals surface area contributed by atoms with Gasteiger partial charge in [-0.2, -0.15) is 0 Å². The van der Waals surface area contributed by atoms with Crippen LogP contribution in [0.2, 0.25) is 0 Å². The van der Waals surface area contributed by atoms with Gasteiger partial charge in [0.15, 0.2) is 0 Å². The van der Waals surface area contributed by atoms with Gasteiger partial charge >= 0.3 is 0 Å². The molecule has 0 unspecified atom stereocenters. The highest BCUT2D eigenvalue weighted by atomic mass is 32.2. The quantitative estimate of drug-likeness (QED) is 0.724. The number of rotatable bonds is 3. The smallest absolute Gasteiger partial charge is 0.268 e. The Morgan fingerprint density at radius 2 is 1.32 bits per heavy atom. The first-order valence-electron chi connectivity index (χ1n) is 7.88. The zero-order valence-electron chi connectivity index (χ0n) is 13.3. The predicted molar refractivity (Wildman–Crippen MR) is 95.4 cm³/mol. The predicted octanol–water partition coefficient (Wildman–Crippen LogP) is 3.70. The van der Waals surface area contributed by atoms with E-state index in [1.54, 1.807) is 18.2 Å². The third kappa shape index (κ3) is 2.62. The Hall–Kier alpha value is -2.92. The number of carbonyl (C=O) groups is 1. The second-order valence-electron chi connectivity index (χ2n) is 5.88. The number of hydrogen-bond donors (Lipinski definition) is 0. The molecule has 0 radical (unpaired) electrons. The van der Waals surface area contributed by atoms with E-state index in [0.717, 1.165) is 21.0 Å². The molecule has 3 aromatic rings. The van der Waals surface area contributed by atoms with Crippen molar-refractivity contribution in [3.05, 3.63) is 90.0 Å². The van der Waals surface area contributed by atoms with Gasteiger partial charge in [0.2, 0.25) is 0 Å². The van der Waals surface area contributed by atoms with Crippen molar-refractivity contribution in [2.45, 2.75) is 11.4 Å². The van der Waals surface area contributed by atoms with E-state index < -0.39 is 15.9 Å². The third-order valence-corrected chi connectivity index (χ3v) is 6.09. The minimum atomic E-state index is -3.77. The zero-order chi connectivity index (χ0) is 17.4. The van der Waals surface area contributed by atoms with Gasteiger partial charge < -0.3 is 0 Å². The number of benzene rings is 3. The summed E-state index contributed by atoms with van der Waals surface area (Å²) in [4.78, 5) is 12.5. The summed E-state index contributed by atoms with van der Waals surface area (Å²) in [6.45, 7) is 0.0327. The van der Waals surface area contributed by atoms with Crippen LogP contribution in [0.5, 0.6) is 0 Å². The van der Waals surface area contributed by atoms with E-state index in [2.05, 4.69) is 0 Å². The van der Waals surface area contributed by atoms with Gasteiger partial charge in [0.05, 0.1) is 12.1 Å². The summed E-state index contributed by atoms with van der Waals surface area (Å²) in [6.07, 6.45) is 0. The van der Waals surface area contributed by atoms with E-state index in [1.165, 1.54) is 6.07 Å². The summed E-state index contributed by atoms with van der Waals surface area (Å²) in [5.74, 6) is -0.470. The van der Waals surface area contributed by atoms with Crippen LogP contribution in [0.25, 0.3) is 11.1 Å². The zero-order valence-corrected chi connectivity index (χ0v) is 14.1. The van der Waals surface area contributed by atoms with Crippen LogP contribution in [-0.2, 0) is 16.6 Å². The first-order valence-corrected chi connectivity index (χ1v) is 9.32. The number of carbonyl (C=O) groups excluding carboxylic acids is 1. The lowest BCUT2D eigenvalue weighted by Crippen LogP contribution is -2.29. The molecule has 3 aromatic carbocycles. The molecule has 0 aliphatic carbocycles. The molecule has 1 amide bonds. The van der Waals surface area contributed by atoms with E-state index in [0.29, 0.717) is 0 Å². The SMILES string of the molecule is O=C1c2ccccc2S(=O)(=O)N1Cc1ccc(-c2ccccc2)cc1. The fourth-order valence-electron chi connectivity index (χ4n) is 2.99. The van der Waals surface area contributed by atoms with Crippen molar-refractivity contribution in [2.24, 2.45) is 0 Å². The van der Waals surface area contributed by atoms with Crippen LogP contribution in [0, 0.1) is 0 Å². The summed E-state index contributed by atoms with van der Waals surface area (Å²) >= 11 is 0. The fraction of sp³-hybridized carbons (Fsp3) is 0.0500. The Balaban J connectivity index is 1.62. The summed E-state index contributed by atoms with van der Waals surface area (Å²) in [5, 5.41) is 0. The van der Waals surface area contributed by atoms with E-state index in [-0.39, 0.29) is 17.0 Å². The summed E-state index contributed by atoms with van der Waals surface area (Å²) in [6, 6.07) is 23.8. The topological polar surface area (TPSA) is 54.5 Å². The Morgan fingerprint density at radius 3 is 2.00 bits per heavy atom. The lowest BCUT2D eigenvalue weighted by Gasteiger charge is -2.15. The highest BCUT2D eigenvalue weighted by Crippen LogP contribution is 2.31. The second kappa shape index (κ2) is 5.86. The van der Waals surface area contributed by atoms with Crippen molar-refractivity contribution in [3.8, 4) is 11.1 Å². The van der Waals surface area contributed by atoms with Gasteiger partial charge in [-0.05, 0) is 28.8 Å². The summed E-state index contributed by atoms with van der Waals surface area (Å²) in [5.41, 5.74) is 3.14. The Labute approximate surface area is 146 Å². The van der Waals surface area contributed by atoms with Gasteiger partial charge in [-0.15, -0.1) is 0 Å². The molecule has 4 rings (SSSR count). The van der Waals surface area contributed by atoms with Gasteiger partial charge in [0.1, 0.15) is 4.90 Å². The third-order valence-electron chi connectivity index (χ3n) is 4.30. The molecular weight excluding hydrogens is 334 g/mol. The monoisotopic (exact) mass is 349 g/mol. The van der Waals surface area contributed by atoms with Crippen molar-refractivity contribution in [1.29, 1.82) is 0 Å². The average molecular weight is 349 g/mol. The van der Waals surface area contributed by atoms with Gasteiger partial charge in [-0.3, -0.25) is 4.79 Å². The van der Waals surface area contributed by atoms with Crippen molar-refractivity contribution < 1.29 is 13.2 Å². The molecule has 4 nitrogen and oxygen atoms in total. The maximum Gasteiger partial charge on any atom is 0.269 e. The number of amides is 1. The van der Waals surface area contributed by atoms with Crippen molar-refractivity contribution >= 4 is 15.9 Å². The van der Waals surface area contributed by atoms with Gasteiger partial charge in [0.25, 0.3) is 15.9 Å². The fourth-order valence-corrected chi connectivity index (χ4v) is 4.54. The molecule has 1 aliphatic rings. The van der Waals surface area contributed by atoms with Crippen LogP contribution < -0.4 is 0 Å². The molecule has 0 atom stereocenters. The number of nitrogens with zero attached hydrogens (tertiary/aromatic N) is 1. The van der Waals surface area contributed by atoms with Gasteiger partial charge in [-0.25, -0.2) is 12.7 Å². The maximum absolute atomic E-state index is 12.6. The molecule has 5 heteroatoms. The first kappa shape index (κ1) is 15.6. The van der Waals surface area contributed by atoms with E-state index in [9.17, 15) is 13.2 Å². The molecule has 0 N–H and O–H groups in total. The Kier molecular flexibility index (Phi) is 3.66. The lowest BCUT2D eigenvalue weighted by molar-refractivity contribution is 0.0865. The van der Waals surface area contributed by atoms with Crippen molar-refractivity contribution in [3.63, 3.8) is 0 Å². The number of sulfonamides is 1. The molecule has 1 aliphatic heterocycles. The minimum Gasteiger partial charge on any atom is -0.268 e. The maximum atomic E-state index is 12.6. The number of fused-ring (bicyclic) bond motifs is 1. The van der Waals surface area contributed by atoms with Crippen LogP contribution in [0.4, 0.5) is 0 Å². The van der Waals surface area contributed by atoms with E-state index >= 15 is 0 Å². The van der Waals surface area contributed by atoms with Crippen LogP contribution in [0.1, 0.15) is 15.9 Å². The largest absolute Gasteiger partial charge is 0.269 e. The van der Waals surface area contributed by atoms with Crippen LogP contribution in [0.3, 0.4) is 0 Å². The summed E-state index contributed by atoms with van der Waals surface area (Å²) < 4.78 is 26.1. The minimum absolute atomic E-state index is 0.0327. The van der Waals surface area contributed by atoms with Crippen LogP contribution >= 0.6 is 0 Å². The lowest BCUT2D eigenvalue weighted by atomic mass is 10.0. The van der Waals surface area contributed by atoms with E-state index in [1.807, 2.05) is 54.6 Å². The molecule has 25 heavy (non-hydrogen) atoms. The van der Waals surface area contributed by atoms with Crippen molar-refractivity contribution in [1.82, 2.24) is 4.31 Å². The average Bonchev–Trinajstić information content (AvgIpc) is 2.84. The van der Waals surface area contributed by atoms with Crippen LogP contribution in [0.15, 0.2) is 83.8 Å². The molecular formula is C20H15NO3S. The molecule has 124 valence electrons. The normalized spacial score (nSPS) is 15.2. The first-order chi connectivity index (χ1) is 12.1. The molecule has 0 bridgehead atoms. The highest BCUT2D eigenvalue weighted by Gasteiger charge is 2.40. The van der Waals surface area contributed by atoms with Crippen molar-refractivity contribution in [2.75, 3.05) is 0 Å². The standard InChI is InChI=1S/C20H15NO3S/c22-20-18-8-4-5-9-19(18)25(23,24)21(20)14-15-10-12-17(13-11-15)16-6-2-1-3-7-16/h1-13H,14H2. The molecule has 0 aromatic heterocycles. The second-order valence-corrected chi connectivity index (χ2v) is 7.71. The molecule has 0 spiro atoms. The molecule has 0 fully saturated rings. The van der Waals surface area contributed by atoms with Gasteiger partial charge in [-0.1, -0.05) is 66.7 Å². The molecule has 0 saturated heterocycles. The number of hydrogen-bond acceptors (Lipinski definition) is 3. The van der Waals surface area contributed by atoms with E-state index in [4.69, 9.17) is 0 Å². The molecule has 0 saturated carbocycles. The Bertz CT molecular complexity index is 1040. The van der Waals surface area contributed by atoms with Gasteiger partial charge in [0, 0.05) is 0 Å². The summed E-state index contributed by atoms with van der Waals surface area (Å²) in [7, 11) is -3.77.